The quantitative estimate of drug-likeness (QED) is 0.860. The number of halogens is 3. The van der Waals surface area contributed by atoms with E-state index in [1.807, 2.05) is 6.92 Å². The molecule has 6 heteroatoms. The van der Waals surface area contributed by atoms with Crippen LogP contribution in [0.3, 0.4) is 0 Å². The lowest BCUT2D eigenvalue weighted by molar-refractivity contribution is 0.630. The average molecular weight is 331 g/mol. The smallest absolute Gasteiger partial charge is 0.152 e. The van der Waals surface area contributed by atoms with Crippen molar-refractivity contribution in [3.05, 3.63) is 39.8 Å². The highest BCUT2D eigenvalue weighted by Gasteiger charge is 2.16. The standard InChI is InChI=1S/C12H10BrClFN3/c1-2-16-12-11(17-5-6-18-12)7-3-4-8(13)9(14)10(7)15/h3-6H,2H2,1H3,(H,16,18). The Labute approximate surface area is 118 Å². The Morgan fingerprint density at radius 2 is 2.06 bits per heavy atom. The Morgan fingerprint density at radius 3 is 2.78 bits per heavy atom. The third-order valence-electron chi connectivity index (χ3n) is 2.33. The number of aromatic nitrogens is 2. The van der Waals surface area contributed by atoms with Gasteiger partial charge in [-0.2, -0.15) is 0 Å². The number of anilines is 1. The first-order valence-corrected chi connectivity index (χ1v) is 6.51. The van der Waals surface area contributed by atoms with Crippen LogP contribution in [0.1, 0.15) is 6.92 Å². The minimum absolute atomic E-state index is 0.0422. The van der Waals surface area contributed by atoms with Gasteiger partial charge in [-0.05, 0) is 35.0 Å². The SMILES string of the molecule is CCNc1nccnc1-c1ccc(Br)c(Cl)c1F. The number of hydrogen-bond donors (Lipinski definition) is 1. The van der Waals surface area contributed by atoms with Crippen LogP contribution in [0.4, 0.5) is 10.2 Å². The number of rotatable bonds is 3. The third kappa shape index (κ3) is 2.47. The second-order valence-electron chi connectivity index (χ2n) is 3.51. The van der Waals surface area contributed by atoms with E-state index in [0.717, 1.165) is 0 Å². The molecule has 0 aliphatic carbocycles. The van der Waals surface area contributed by atoms with Gasteiger partial charge >= 0.3 is 0 Å². The van der Waals surface area contributed by atoms with Crippen LogP contribution in [0.25, 0.3) is 11.3 Å². The Balaban J connectivity index is 2.59. The van der Waals surface area contributed by atoms with Gasteiger partial charge in [0.25, 0.3) is 0 Å². The molecule has 1 aromatic carbocycles. The first-order chi connectivity index (χ1) is 8.65. The van der Waals surface area contributed by atoms with E-state index in [4.69, 9.17) is 11.6 Å². The van der Waals surface area contributed by atoms with E-state index < -0.39 is 5.82 Å². The maximum atomic E-state index is 14.1. The van der Waals surface area contributed by atoms with Gasteiger partial charge in [-0.1, -0.05) is 11.6 Å². The highest BCUT2D eigenvalue weighted by molar-refractivity contribution is 9.10. The largest absolute Gasteiger partial charge is 0.369 e. The van der Waals surface area contributed by atoms with Gasteiger partial charge in [-0.15, -0.1) is 0 Å². The van der Waals surface area contributed by atoms with Crippen LogP contribution in [0.15, 0.2) is 29.0 Å². The minimum atomic E-state index is -0.509. The molecule has 0 radical (unpaired) electrons. The molecule has 0 fully saturated rings. The summed E-state index contributed by atoms with van der Waals surface area (Å²) < 4.78 is 14.6. The molecule has 0 bridgehead atoms. The lowest BCUT2D eigenvalue weighted by atomic mass is 10.1. The summed E-state index contributed by atoms with van der Waals surface area (Å²) in [6.07, 6.45) is 3.07. The zero-order chi connectivity index (χ0) is 13.1. The Morgan fingerprint density at radius 1 is 1.33 bits per heavy atom. The van der Waals surface area contributed by atoms with Crippen molar-refractivity contribution in [3.8, 4) is 11.3 Å². The Hall–Kier alpha value is -1.20. The first kappa shape index (κ1) is 13.2. The molecular formula is C12H10BrClFN3. The molecule has 1 heterocycles. The van der Waals surface area contributed by atoms with E-state index >= 15 is 0 Å². The third-order valence-corrected chi connectivity index (χ3v) is 3.59. The van der Waals surface area contributed by atoms with Crippen molar-refractivity contribution < 1.29 is 4.39 Å². The summed E-state index contributed by atoms with van der Waals surface area (Å²) in [6.45, 7) is 2.61. The zero-order valence-corrected chi connectivity index (χ0v) is 11.9. The Bertz CT molecular complexity index is 577. The molecule has 94 valence electrons. The van der Waals surface area contributed by atoms with Crippen LogP contribution in [0.5, 0.6) is 0 Å². The lowest BCUT2D eigenvalue weighted by Crippen LogP contribution is -2.03. The van der Waals surface area contributed by atoms with E-state index in [-0.39, 0.29) is 5.02 Å². The number of nitrogens with zero attached hydrogens (tertiary/aromatic N) is 2. The van der Waals surface area contributed by atoms with Crippen molar-refractivity contribution in [1.29, 1.82) is 0 Å². The van der Waals surface area contributed by atoms with E-state index in [1.54, 1.807) is 18.3 Å². The molecule has 0 aliphatic heterocycles. The summed E-state index contributed by atoms with van der Waals surface area (Å²) in [5.74, 6) is 0.0305. The molecule has 3 nitrogen and oxygen atoms in total. The normalized spacial score (nSPS) is 10.4. The molecule has 1 aromatic heterocycles. The number of hydrogen-bond acceptors (Lipinski definition) is 3. The first-order valence-electron chi connectivity index (χ1n) is 5.34. The summed E-state index contributed by atoms with van der Waals surface area (Å²) in [5, 5.41) is 3.08. The molecule has 2 aromatic rings. The second-order valence-corrected chi connectivity index (χ2v) is 4.74. The monoisotopic (exact) mass is 329 g/mol. The van der Waals surface area contributed by atoms with Crippen molar-refractivity contribution in [2.75, 3.05) is 11.9 Å². The van der Waals surface area contributed by atoms with Crippen molar-refractivity contribution >= 4 is 33.3 Å². The molecule has 0 saturated carbocycles. The fraction of sp³-hybridized carbons (Fsp3) is 0.167. The minimum Gasteiger partial charge on any atom is -0.369 e. The van der Waals surface area contributed by atoms with Gasteiger partial charge < -0.3 is 5.32 Å². The molecule has 0 amide bonds. The molecule has 0 saturated heterocycles. The molecule has 0 unspecified atom stereocenters. The van der Waals surface area contributed by atoms with E-state index in [9.17, 15) is 4.39 Å². The lowest BCUT2D eigenvalue weighted by Gasteiger charge is -2.10. The van der Waals surface area contributed by atoms with Crippen LogP contribution in [-0.2, 0) is 0 Å². The van der Waals surface area contributed by atoms with E-state index in [0.29, 0.717) is 28.1 Å². The van der Waals surface area contributed by atoms with Crippen LogP contribution in [0, 0.1) is 5.82 Å². The van der Waals surface area contributed by atoms with Gasteiger partial charge in [0.2, 0.25) is 0 Å². The van der Waals surface area contributed by atoms with Crippen molar-refractivity contribution in [1.82, 2.24) is 9.97 Å². The summed E-state index contributed by atoms with van der Waals surface area (Å²) in [4.78, 5) is 8.30. The van der Waals surface area contributed by atoms with Gasteiger partial charge in [-0.3, -0.25) is 4.98 Å². The van der Waals surface area contributed by atoms with Gasteiger partial charge in [0.1, 0.15) is 5.69 Å². The summed E-state index contributed by atoms with van der Waals surface area (Å²) in [6, 6.07) is 3.31. The maximum absolute atomic E-state index is 14.1. The molecule has 0 atom stereocenters. The van der Waals surface area contributed by atoms with Crippen LogP contribution in [-0.4, -0.2) is 16.5 Å². The van der Waals surface area contributed by atoms with Crippen molar-refractivity contribution in [3.63, 3.8) is 0 Å². The molecule has 0 aliphatic rings. The van der Waals surface area contributed by atoms with E-state index in [1.165, 1.54) is 6.20 Å². The van der Waals surface area contributed by atoms with Gasteiger partial charge in [0.05, 0.1) is 5.02 Å². The fourth-order valence-corrected chi connectivity index (χ4v) is 2.01. The van der Waals surface area contributed by atoms with Crippen molar-refractivity contribution in [2.45, 2.75) is 6.92 Å². The summed E-state index contributed by atoms with van der Waals surface area (Å²) in [5.41, 5.74) is 0.776. The molecule has 18 heavy (non-hydrogen) atoms. The Kier molecular flexibility index (Phi) is 4.14. The fourth-order valence-electron chi connectivity index (χ4n) is 1.54. The summed E-state index contributed by atoms with van der Waals surface area (Å²) >= 11 is 9.05. The van der Waals surface area contributed by atoms with Crippen molar-refractivity contribution in [2.24, 2.45) is 0 Å². The van der Waals surface area contributed by atoms with Gasteiger partial charge in [-0.25, -0.2) is 9.37 Å². The molecular weight excluding hydrogens is 321 g/mol. The number of nitrogens with one attached hydrogen (secondary N) is 1. The molecule has 2 rings (SSSR count). The molecule has 0 spiro atoms. The average Bonchev–Trinajstić information content (AvgIpc) is 2.38. The van der Waals surface area contributed by atoms with Gasteiger partial charge in [0, 0.05) is 29.0 Å². The zero-order valence-electron chi connectivity index (χ0n) is 9.54. The van der Waals surface area contributed by atoms with E-state index in [2.05, 4.69) is 31.2 Å². The highest BCUT2D eigenvalue weighted by Crippen LogP contribution is 2.34. The van der Waals surface area contributed by atoms with Crippen LogP contribution < -0.4 is 5.32 Å². The predicted octanol–water partition coefficient (Wildman–Crippen LogP) is 4.13. The van der Waals surface area contributed by atoms with Crippen LogP contribution in [0.2, 0.25) is 5.02 Å². The predicted molar refractivity (Wildman–Crippen MR) is 74.3 cm³/mol. The maximum Gasteiger partial charge on any atom is 0.152 e. The molecule has 1 N–H and O–H groups in total. The highest BCUT2D eigenvalue weighted by atomic mass is 79.9. The second kappa shape index (κ2) is 5.63. The number of benzene rings is 1. The van der Waals surface area contributed by atoms with Crippen LogP contribution >= 0.6 is 27.5 Å². The summed E-state index contributed by atoms with van der Waals surface area (Å²) in [7, 11) is 0. The topological polar surface area (TPSA) is 37.8 Å². The van der Waals surface area contributed by atoms with Gasteiger partial charge in [0.15, 0.2) is 11.6 Å².